The molecule has 2 atom stereocenters. The fourth-order valence-electron chi connectivity index (χ4n) is 7.53. The third kappa shape index (κ3) is 3.85. The summed E-state index contributed by atoms with van der Waals surface area (Å²) in [7, 11) is 0. The van der Waals surface area contributed by atoms with E-state index < -0.39 is 0 Å². The van der Waals surface area contributed by atoms with Crippen molar-refractivity contribution in [2.45, 2.75) is 25.3 Å². The molecule has 5 aromatic carbocycles. The number of piperidine rings is 1. The van der Waals surface area contributed by atoms with Gasteiger partial charge in [-0.05, 0) is 77.8 Å². The van der Waals surface area contributed by atoms with Crippen LogP contribution in [0.3, 0.4) is 0 Å². The summed E-state index contributed by atoms with van der Waals surface area (Å²) in [4.78, 5) is 7.86. The summed E-state index contributed by atoms with van der Waals surface area (Å²) in [5.41, 5.74) is 11.0. The van der Waals surface area contributed by atoms with E-state index in [4.69, 9.17) is 4.98 Å². The van der Waals surface area contributed by atoms with E-state index in [0.717, 1.165) is 29.5 Å². The van der Waals surface area contributed by atoms with E-state index in [-0.39, 0.29) is 0 Å². The molecule has 1 fully saturated rings. The van der Waals surface area contributed by atoms with Gasteiger partial charge in [0.15, 0.2) is 0 Å². The number of aromatic nitrogens is 2. The molecule has 1 aliphatic heterocycles. The summed E-state index contributed by atoms with van der Waals surface area (Å²) in [6, 6.07) is 46.5. The lowest BCUT2D eigenvalue weighted by molar-refractivity contribution is 0.413. The van der Waals surface area contributed by atoms with Gasteiger partial charge in [-0.3, -0.25) is 4.40 Å². The third-order valence-corrected chi connectivity index (χ3v) is 9.53. The lowest BCUT2D eigenvalue weighted by Crippen LogP contribution is -2.37. The maximum Gasteiger partial charge on any atom is 0.146 e. The first-order chi connectivity index (χ1) is 21.3. The summed E-state index contributed by atoms with van der Waals surface area (Å²) >= 11 is 0. The molecule has 3 nitrogen and oxygen atoms in total. The number of fused-ring (bicyclic) bond motifs is 9. The predicted octanol–water partition coefficient (Wildman–Crippen LogP) is 10.1. The number of rotatable bonds is 3. The van der Waals surface area contributed by atoms with E-state index in [1.165, 1.54) is 56.2 Å². The Kier molecular flexibility index (Phi) is 5.52. The molecule has 3 heterocycles. The molecule has 0 N–H and O–H groups in total. The van der Waals surface area contributed by atoms with Gasteiger partial charge in [0.25, 0.3) is 0 Å². The Morgan fingerprint density at radius 2 is 1.35 bits per heavy atom. The Hall–Kier alpha value is -5.15. The second kappa shape index (κ2) is 9.71. The van der Waals surface area contributed by atoms with Gasteiger partial charge >= 0.3 is 0 Å². The van der Waals surface area contributed by atoms with Gasteiger partial charge in [-0.25, -0.2) is 4.98 Å². The van der Waals surface area contributed by atoms with Crippen LogP contribution in [0.4, 0.5) is 5.69 Å². The molecular weight excluding hydrogens is 522 g/mol. The van der Waals surface area contributed by atoms with E-state index >= 15 is 0 Å². The van der Waals surface area contributed by atoms with Crippen molar-refractivity contribution in [2.24, 2.45) is 5.92 Å². The fourth-order valence-corrected chi connectivity index (χ4v) is 7.53. The molecule has 0 saturated carbocycles. The van der Waals surface area contributed by atoms with Gasteiger partial charge in [0.05, 0.1) is 22.6 Å². The van der Waals surface area contributed by atoms with Crippen LogP contribution >= 0.6 is 0 Å². The number of para-hydroxylation sites is 2. The number of nitrogens with zero attached hydrogens (tertiary/aromatic N) is 3. The van der Waals surface area contributed by atoms with Gasteiger partial charge < -0.3 is 4.90 Å². The SMILES string of the molecule is C1=C(c2ccc3c(c2)nc2c4ccccc4c4ccccc4n32)C=C2C(C1)CCC(c1ccccc1)N2c1ccccc1. The van der Waals surface area contributed by atoms with E-state index in [2.05, 4.69) is 149 Å². The van der Waals surface area contributed by atoms with Gasteiger partial charge in [-0.15, -0.1) is 0 Å². The molecule has 0 spiro atoms. The molecule has 3 heteroatoms. The van der Waals surface area contributed by atoms with Gasteiger partial charge in [0.2, 0.25) is 0 Å². The third-order valence-electron chi connectivity index (χ3n) is 9.53. The zero-order valence-corrected chi connectivity index (χ0v) is 23.9. The highest BCUT2D eigenvalue weighted by Crippen LogP contribution is 2.47. The number of pyridine rings is 1. The maximum atomic E-state index is 5.25. The molecule has 2 aliphatic rings. The molecule has 2 aromatic heterocycles. The maximum absolute atomic E-state index is 5.25. The fraction of sp³-hybridized carbons (Fsp3) is 0.125. The first kappa shape index (κ1) is 24.4. The molecule has 43 heavy (non-hydrogen) atoms. The minimum atomic E-state index is 0.327. The number of anilines is 1. The van der Waals surface area contributed by atoms with Crippen molar-refractivity contribution in [2.75, 3.05) is 4.90 Å². The summed E-state index contributed by atoms with van der Waals surface area (Å²) in [6.07, 6.45) is 8.31. The average Bonchev–Trinajstić information content (AvgIpc) is 3.48. The Morgan fingerprint density at radius 1 is 0.628 bits per heavy atom. The minimum Gasteiger partial charge on any atom is -0.337 e. The molecule has 7 aromatic rings. The molecule has 2 unspecified atom stereocenters. The molecule has 0 radical (unpaired) electrons. The van der Waals surface area contributed by atoms with Crippen LogP contribution in [0.1, 0.15) is 36.4 Å². The van der Waals surface area contributed by atoms with Crippen molar-refractivity contribution in [3.8, 4) is 0 Å². The van der Waals surface area contributed by atoms with E-state index in [0.29, 0.717) is 12.0 Å². The minimum absolute atomic E-state index is 0.327. The Morgan fingerprint density at radius 3 is 2.19 bits per heavy atom. The van der Waals surface area contributed by atoms with Crippen LogP contribution in [0.25, 0.3) is 43.9 Å². The van der Waals surface area contributed by atoms with Gasteiger partial charge in [-0.1, -0.05) is 103 Å². The number of benzene rings is 5. The van der Waals surface area contributed by atoms with Gasteiger partial charge in [-0.2, -0.15) is 0 Å². The van der Waals surface area contributed by atoms with Crippen LogP contribution in [-0.2, 0) is 0 Å². The monoisotopic (exact) mass is 553 g/mol. The van der Waals surface area contributed by atoms with Crippen LogP contribution in [0.2, 0.25) is 0 Å². The first-order valence-electron chi connectivity index (χ1n) is 15.4. The van der Waals surface area contributed by atoms with Crippen molar-refractivity contribution < 1.29 is 0 Å². The van der Waals surface area contributed by atoms with Crippen LogP contribution < -0.4 is 4.90 Å². The molecule has 0 amide bonds. The zero-order chi connectivity index (χ0) is 28.3. The molecular formula is C40H31N3. The molecule has 0 bridgehead atoms. The summed E-state index contributed by atoms with van der Waals surface area (Å²) in [6.45, 7) is 0. The summed E-state index contributed by atoms with van der Waals surface area (Å²) in [5, 5.41) is 3.69. The predicted molar refractivity (Wildman–Crippen MR) is 179 cm³/mol. The quantitative estimate of drug-likeness (QED) is 0.203. The lowest BCUT2D eigenvalue weighted by atomic mass is 9.80. The molecule has 9 rings (SSSR count). The highest BCUT2D eigenvalue weighted by Gasteiger charge is 2.35. The number of imidazole rings is 1. The van der Waals surface area contributed by atoms with Gasteiger partial charge in [0.1, 0.15) is 5.65 Å². The zero-order valence-electron chi connectivity index (χ0n) is 23.9. The largest absolute Gasteiger partial charge is 0.337 e. The van der Waals surface area contributed by atoms with E-state index in [1.807, 2.05) is 0 Å². The first-order valence-corrected chi connectivity index (χ1v) is 15.4. The van der Waals surface area contributed by atoms with E-state index in [1.54, 1.807) is 0 Å². The van der Waals surface area contributed by atoms with Gasteiger partial charge in [0, 0.05) is 28.1 Å². The van der Waals surface area contributed by atoms with Crippen LogP contribution in [0.5, 0.6) is 0 Å². The molecule has 1 aliphatic carbocycles. The highest BCUT2D eigenvalue weighted by atomic mass is 15.2. The summed E-state index contributed by atoms with van der Waals surface area (Å²) < 4.78 is 2.34. The van der Waals surface area contributed by atoms with Crippen molar-refractivity contribution >= 4 is 49.6 Å². The van der Waals surface area contributed by atoms with Crippen LogP contribution in [-0.4, -0.2) is 9.38 Å². The average molecular weight is 554 g/mol. The lowest BCUT2D eigenvalue weighted by Gasteiger charge is -2.45. The van der Waals surface area contributed by atoms with Crippen molar-refractivity contribution in [3.05, 3.63) is 156 Å². The Labute approximate surface area is 251 Å². The topological polar surface area (TPSA) is 20.5 Å². The van der Waals surface area contributed by atoms with E-state index in [9.17, 15) is 0 Å². The van der Waals surface area contributed by atoms with Crippen LogP contribution in [0.15, 0.2) is 145 Å². The Balaban J connectivity index is 1.19. The standard InChI is InChI=1S/C40H31N3/c1-3-11-27(12-4-1)36-23-21-28-19-20-30(26-39(28)42(36)31-13-5-2-6-14-31)29-22-24-38-35(25-29)41-40-34-17-8-7-15-32(34)33-16-9-10-18-37(33)43(38)40/h1-18,20,22,24-26,28,36H,19,21,23H2. The summed E-state index contributed by atoms with van der Waals surface area (Å²) in [5.74, 6) is 0.528. The number of hydrogen-bond acceptors (Lipinski definition) is 2. The smallest absolute Gasteiger partial charge is 0.146 e. The second-order valence-corrected chi connectivity index (χ2v) is 11.9. The molecule has 1 saturated heterocycles. The van der Waals surface area contributed by atoms with Crippen molar-refractivity contribution in [1.29, 1.82) is 0 Å². The number of hydrogen-bond donors (Lipinski definition) is 0. The van der Waals surface area contributed by atoms with Crippen LogP contribution in [0, 0.1) is 5.92 Å². The second-order valence-electron chi connectivity index (χ2n) is 11.9. The molecule has 206 valence electrons. The van der Waals surface area contributed by atoms with Crippen molar-refractivity contribution in [3.63, 3.8) is 0 Å². The Bertz CT molecular complexity index is 2220. The van der Waals surface area contributed by atoms with Crippen molar-refractivity contribution in [1.82, 2.24) is 9.38 Å². The normalized spacial score (nSPS) is 18.7. The number of allylic oxidation sites excluding steroid dienone is 4. The highest BCUT2D eigenvalue weighted by molar-refractivity contribution is 6.13.